The number of anilines is 1. The molecule has 20 heavy (non-hydrogen) atoms. The van der Waals surface area contributed by atoms with Gasteiger partial charge in [-0.1, -0.05) is 6.92 Å². The molecule has 0 aromatic heterocycles. The molecule has 0 heterocycles. The molecule has 0 saturated carbocycles. The highest BCUT2D eigenvalue weighted by Gasteiger charge is 2.19. The number of rotatable bonds is 9. The molecule has 0 bridgehead atoms. The van der Waals surface area contributed by atoms with Crippen LogP contribution in [-0.2, 0) is 14.8 Å². The molecule has 5 nitrogen and oxygen atoms in total. The van der Waals surface area contributed by atoms with Crippen LogP contribution >= 0.6 is 11.8 Å². The quantitative estimate of drug-likeness (QED) is 0.554. The first kappa shape index (κ1) is 17.3. The fourth-order valence-electron chi connectivity index (χ4n) is 1.64. The molecule has 1 aromatic rings. The highest BCUT2D eigenvalue weighted by molar-refractivity contribution is 8.00. The molecule has 0 amide bonds. The third-order valence-corrected chi connectivity index (χ3v) is 6.00. The van der Waals surface area contributed by atoms with Gasteiger partial charge in [-0.3, -0.25) is 0 Å². The highest BCUT2D eigenvalue weighted by Crippen LogP contribution is 2.19. The average Bonchev–Trinajstić information content (AvgIpc) is 2.41. The zero-order valence-electron chi connectivity index (χ0n) is 11.9. The fourth-order valence-corrected chi connectivity index (χ4v) is 4.39. The van der Waals surface area contributed by atoms with Gasteiger partial charge in [0, 0.05) is 36.5 Å². The lowest BCUT2D eigenvalue weighted by Gasteiger charge is -2.19. The van der Waals surface area contributed by atoms with Gasteiger partial charge in [-0.2, -0.15) is 4.31 Å². The second-order valence-corrected chi connectivity index (χ2v) is 7.47. The number of nitrogens with two attached hydrogens (primary N) is 1. The molecule has 0 radical (unpaired) electrons. The summed E-state index contributed by atoms with van der Waals surface area (Å²) in [5, 5.41) is 0. The summed E-state index contributed by atoms with van der Waals surface area (Å²) in [5.41, 5.74) is 6.31. The summed E-state index contributed by atoms with van der Waals surface area (Å²) in [6.45, 7) is 3.12. The minimum Gasteiger partial charge on any atom is -0.399 e. The Hall–Kier alpha value is -0.760. The molecular weight excluding hydrogens is 296 g/mol. The molecule has 2 N–H and O–H groups in total. The lowest BCUT2D eigenvalue weighted by Crippen LogP contribution is -2.36. The molecule has 0 aliphatic rings. The van der Waals surface area contributed by atoms with Crippen LogP contribution in [0.1, 0.15) is 6.92 Å². The van der Waals surface area contributed by atoms with Crippen molar-refractivity contribution in [2.75, 3.05) is 44.0 Å². The van der Waals surface area contributed by atoms with Gasteiger partial charge in [0.25, 0.3) is 0 Å². The Balaban J connectivity index is 2.47. The second kappa shape index (κ2) is 8.51. The van der Waals surface area contributed by atoms with Crippen molar-refractivity contribution in [3.63, 3.8) is 0 Å². The van der Waals surface area contributed by atoms with E-state index in [0.717, 1.165) is 4.90 Å². The zero-order valence-corrected chi connectivity index (χ0v) is 13.5. The second-order valence-electron chi connectivity index (χ2n) is 4.22. The van der Waals surface area contributed by atoms with Crippen molar-refractivity contribution >= 4 is 27.5 Å². The summed E-state index contributed by atoms with van der Waals surface area (Å²) in [4.78, 5) is 1.02. The lowest BCUT2D eigenvalue weighted by atomic mass is 10.3. The van der Waals surface area contributed by atoms with Crippen LogP contribution in [-0.4, -0.2) is 51.0 Å². The summed E-state index contributed by atoms with van der Waals surface area (Å²) >= 11 is 1.52. The van der Waals surface area contributed by atoms with Crippen molar-refractivity contribution in [2.24, 2.45) is 0 Å². The van der Waals surface area contributed by atoms with Crippen LogP contribution in [0.3, 0.4) is 0 Å². The van der Waals surface area contributed by atoms with Crippen molar-refractivity contribution < 1.29 is 13.2 Å². The molecular formula is C13H22N2O3S2. The molecule has 0 unspecified atom stereocenters. The van der Waals surface area contributed by atoms with Gasteiger partial charge in [-0.25, -0.2) is 8.42 Å². The average molecular weight is 318 g/mol. The number of hydrogen-bond acceptors (Lipinski definition) is 5. The maximum absolute atomic E-state index is 12.1. The summed E-state index contributed by atoms with van der Waals surface area (Å²) < 4.78 is 30.7. The van der Waals surface area contributed by atoms with E-state index in [2.05, 4.69) is 0 Å². The number of nitrogens with zero attached hydrogens (tertiary/aromatic N) is 1. The molecule has 0 saturated heterocycles. The molecule has 0 aliphatic heterocycles. The maximum Gasteiger partial charge on any atom is 0.214 e. The Labute approximate surface area is 125 Å². The SMILES string of the molecule is CCN(CCOC)S(=O)(=O)CCSc1ccc(N)cc1. The van der Waals surface area contributed by atoms with E-state index in [1.807, 2.05) is 31.2 Å². The highest BCUT2D eigenvalue weighted by atomic mass is 32.2. The summed E-state index contributed by atoms with van der Waals surface area (Å²) in [7, 11) is -1.65. The summed E-state index contributed by atoms with van der Waals surface area (Å²) in [6.07, 6.45) is 0. The molecule has 0 atom stereocenters. The van der Waals surface area contributed by atoms with Crippen molar-refractivity contribution in [3.05, 3.63) is 24.3 Å². The van der Waals surface area contributed by atoms with Gasteiger partial charge in [0.05, 0.1) is 12.4 Å². The largest absolute Gasteiger partial charge is 0.399 e. The summed E-state index contributed by atoms with van der Waals surface area (Å²) in [6, 6.07) is 7.42. The Morgan fingerprint density at radius 2 is 1.95 bits per heavy atom. The van der Waals surface area contributed by atoms with E-state index in [1.165, 1.54) is 16.1 Å². The van der Waals surface area contributed by atoms with Crippen LogP contribution in [0, 0.1) is 0 Å². The Morgan fingerprint density at radius 3 is 2.50 bits per heavy atom. The Bertz CT molecular complexity index is 489. The molecule has 0 fully saturated rings. The van der Waals surface area contributed by atoms with Crippen molar-refractivity contribution in [2.45, 2.75) is 11.8 Å². The van der Waals surface area contributed by atoms with E-state index in [9.17, 15) is 8.42 Å². The number of nitrogen functional groups attached to an aromatic ring is 1. The molecule has 0 spiro atoms. The van der Waals surface area contributed by atoms with E-state index < -0.39 is 10.0 Å². The van der Waals surface area contributed by atoms with E-state index >= 15 is 0 Å². The van der Waals surface area contributed by atoms with E-state index in [-0.39, 0.29) is 5.75 Å². The van der Waals surface area contributed by atoms with E-state index in [4.69, 9.17) is 10.5 Å². The number of hydrogen-bond donors (Lipinski definition) is 1. The minimum absolute atomic E-state index is 0.125. The number of benzene rings is 1. The van der Waals surface area contributed by atoms with Gasteiger partial charge >= 0.3 is 0 Å². The smallest absolute Gasteiger partial charge is 0.214 e. The Kier molecular flexibility index (Phi) is 7.36. The van der Waals surface area contributed by atoms with E-state index in [0.29, 0.717) is 31.1 Å². The van der Waals surface area contributed by atoms with Gasteiger partial charge in [0.1, 0.15) is 0 Å². The molecule has 114 valence electrons. The molecule has 1 rings (SSSR count). The van der Waals surface area contributed by atoms with Crippen LogP contribution in [0.2, 0.25) is 0 Å². The monoisotopic (exact) mass is 318 g/mol. The molecule has 1 aromatic carbocycles. The van der Waals surface area contributed by atoms with E-state index in [1.54, 1.807) is 7.11 Å². The van der Waals surface area contributed by atoms with Gasteiger partial charge in [-0.05, 0) is 24.3 Å². The summed E-state index contributed by atoms with van der Waals surface area (Å²) in [5.74, 6) is 0.648. The van der Waals surface area contributed by atoms with Gasteiger partial charge < -0.3 is 10.5 Å². The predicted molar refractivity (Wildman–Crippen MR) is 84.5 cm³/mol. The van der Waals surface area contributed by atoms with Crippen molar-refractivity contribution in [1.29, 1.82) is 0 Å². The minimum atomic E-state index is -3.22. The van der Waals surface area contributed by atoms with Gasteiger partial charge in [-0.15, -0.1) is 11.8 Å². The zero-order chi connectivity index (χ0) is 15.0. The number of thioether (sulfide) groups is 1. The van der Waals surface area contributed by atoms with Crippen LogP contribution in [0.15, 0.2) is 29.2 Å². The van der Waals surface area contributed by atoms with Gasteiger partial charge in [0.2, 0.25) is 10.0 Å². The van der Waals surface area contributed by atoms with Crippen LogP contribution in [0.4, 0.5) is 5.69 Å². The topological polar surface area (TPSA) is 72.6 Å². The normalized spacial score (nSPS) is 11.9. The number of likely N-dealkylation sites (N-methyl/N-ethyl adjacent to an activating group) is 1. The van der Waals surface area contributed by atoms with Crippen molar-refractivity contribution in [1.82, 2.24) is 4.31 Å². The fraction of sp³-hybridized carbons (Fsp3) is 0.538. The lowest BCUT2D eigenvalue weighted by molar-refractivity contribution is 0.180. The van der Waals surface area contributed by atoms with Crippen LogP contribution < -0.4 is 5.73 Å². The standard InChI is InChI=1S/C13H22N2O3S2/c1-3-15(8-9-18-2)20(16,17)11-10-19-13-6-4-12(14)5-7-13/h4-7H,3,8-11,14H2,1-2H3. The molecule has 7 heteroatoms. The maximum atomic E-state index is 12.1. The van der Waals surface area contributed by atoms with Gasteiger partial charge in [0.15, 0.2) is 0 Å². The third-order valence-electron chi connectivity index (χ3n) is 2.78. The first-order valence-corrected chi connectivity index (χ1v) is 9.04. The van der Waals surface area contributed by atoms with Crippen molar-refractivity contribution in [3.8, 4) is 0 Å². The molecule has 0 aliphatic carbocycles. The third kappa shape index (κ3) is 5.70. The number of ether oxygens (including phenoxy) is 1. The predicted octanol–water partition coefficient (Wildman–Crippen LogP) is 1.66. The Morgan fingerprint density at radius 1 is 1.30 bits per heavy atom. The number of sulfonamides is 1. The first-order valence-electron chi connectivity index (χ1n) is 6.44. The van der Waals surface area contributed by atoms with Crippen LogP contribution in [0.25, 0.3) is 0 Å². The first-order chi connectivity index (χ1) is 9.49. The number of methoxy groups -OCH3 is 1. The van der Waals surface area contributed by atoms with Crippen LogP contribution in [0.5, 0.6) is 0 Å².